The third-order valence-corrected chi connectivity index (χ3v) is 2.66. The normalized spacial score (nSPS) is 12.4. The molecule has 0 saturated heterocycles. The van der Waals surface area contributed by atoms with Gasteiger partial charge in [-0.1, -0.05) is 18.2 Å². The van der Waals surface area contributed by atoms with Gasteiger partial charge in [-0.15, -0.1) is 0 Å². The maximum Gasteiger partial charge on any atom is 0.123 e. The summed E-state index contributed by atoms with van der Waals surface area (Å²) in [5, 5.41) is 0. The minimum Gasteiger partial charge on any atom is -0.322 e. The van der Waals surface area contributed by atoms with Crippen molar-refractivity contribution in [2.75, 3.05) is 0 Å². The molecule has 0 aliphatic rings. The minimum atomic E-state index is -0.226. The molecule has 0 bridgehead atoms. The Morgan fingerprint density at radius 2 is 1.88 bits per heavy atom. The highest BCUT2D eigenvalue weighted by atomic mass is 19.1. The van der Waals surface area contributed by atoms with Crippen LogP contribution in [0.4, 0.5) is 4.39 Å². The first-order chi connectivity index (χ1) is 8.15. The molecule has 1 heterocycles. The molecule has 0 aliphatic carbocycles. The number of aryl methyl sites for hydroxylation is 1. The summed E-state index contributed by atoms with van der Waals surface area (Å²) in [6.45, 7) is 1.94. The van der Waals surface area contributed by atoms with Gasteiger partial charge < -0.3 is 5.73 Å². The van der Waals surface area contributed by atoms with Gasteiger partial charge in [0, 0.05) is 5.69 Å². The Hall–Kier alpha value is -1.74. The van der Waals surface area contributed by atoms with Crippen LogP contribution in [0.1, 0.15) is 23.0 Å². The summed E-state index contributed by atoms with van der Waals surface area (Å²) in [5.74, 6) is -0.226. The van der Waals surface area contributed by atoms with Gasteiger partial charge in [-0.25, -0.2) is 4.39 Å². The number of nitrogens with zero attached hydrogens (tertiary/aromatic N) is 1. The molecule has 0 radical (unpaired) electrons. The zero-order valence-electron chi connectivity index (χ0n) is 9.73. The Morgan fingerprint density at radius 1 is 1.18 bits per heavy atom. The van der Waals surface area contributed by atoms with Gasteiger partial charge in [0.1, 0.15) is 5.82 Å². The summed E-state index contributed by atoms with van der Waals surface area (Å²) in [7, 11) is 0. The molecular weight excluding hydrogens is 215 g/mol. The molecule has 17 heavy (non-hydrogen) atoms. The summed E-state index contributed by atoms with van der Waals surface area (Å²) in [6.07, 6.45) is 0.663. The molecule has 1 unspecified atom stereocenters. The Labute approximate surface area is 100 Å². The van der Waals surface area contributed by atoms with Crippen molar-refractivity contribution in [2.45, 2.75) is 19.4 Å². The number of benzene rings is 1. The minimum absolute atomic E-state index is 0.152. The maximum absolute atomic E-state index is 12.8. The van der Waals surface area contributed by atoms with E-state index in [1.54, 1.807) is 12.1 Å². The van der Waals surface area contributed by atoms with E-state index < -0.39 is 0 Å². The first-order valence-electron chi connectivity index (χ1n) is 5.59. The molecular formula is C14H15FN2. The van der Waals surface area contributed by atoms with Gasteiger partial charge in [0.2, 0.25) is 0 Å². The van der Waals surface area contributed by atoms with E-state index in [1.165, 1.54) is 12.1 Å². The van der Waals surface area contributed by atoms with Crippen molar-refractivity contribution in [1.29, 1.82) is 0 Å². The molecule has 2 nitrogen and oxygen atoms in total. The van der Waals surface area contributed by atoms with E-state index in [0.717, 1.165) is 17.0 Å². The lowest BCUT2D eigenvalue weighted by Crippen LogP contribution is -2.15. The van der Waals surface area contributed by atoms with E-state index in [2.05, 4.69) is 4.98 Å². The molecule has 2 N–H and O–H groups in total. The second-order valence-corrected chi connectivity index (χ2v) is 4.14. The van der Waals surface area contributed by atoms with Crippen LogP contribution in [0.15, 0.2) is 42.5 Å². The van der Waals surface area contributed by atoms with Gasteiger partial charge in [-0.05, 0) is 43.2 Å². The zero-order chi connectivity index (χ0) is 12.3. The highest BCUT2D eigenvalue weighted by Crippen LogP contribution is 2.14. The van der Waals surface area contributed by atoms with Crippen LogP contribution in [0.3, 0.4) is 0 Å². The van der Waals surface area contributed by atoms with Crippen molar-refractivity contribution in [1.82, 2.24) is 4.98 Å². The number of rotatable bonds is 3. The molecule has 0 spiro atoms. The molecule has 1 aromatic heterocycles. The van der Waals surface area contributed by atoms with Crippen LogP contribution in [0.5, 0.6) is 0 Å². The van der Waals surface area contributed by atoms with Gasteiger partial charge in [0.05, 0.1) is 11.7 Å². The number of hydrogen-bond acceptors (Lipinski definition) is 2. The quantitative estimate of drug-likeness (QED) is 0.880. The fourth-order valence-electron chi connectivity index (χ4n) is 1.75. The van der Waals surface area contributed by atoms with Crippen molar-refractivity contribution in [3.63, 3.8) is 0 Å². The Bertz CT molecular complexity index is 494. The Balaban J connectivity index is 2.11. The lowest BCUT2D eigenvalue weighted by molar-refractivity contribution is 0.625. The summed E-state index contributed by atoms with van der Waals surface area (Å²) in [5.41, 5.74) is 8.92. The van der Waals surface area contributed by atoms with Crippen LogP contribution < -0.4 is 5.73 Å². The van der Waals surface area contributed by atoms with Crippen molar-refractivity contribution in [3.8, 4) is 0 Å². The van der Waals surface area contributed by atoms with Gasteiger partial charge in [0.15, 0.2) is 0 Å². The monoisotopic (exact) mass is 230 g/mol. The van der Waals surface area contributed by atoms with Crippen molar-refractivity contribution in [3.05, 3.63) is 65.2 Å². The van der Waals surface area contributed by atoms with Crippen molar-refractivity contribution < 1.29 is 4.39 Å². The van der Waals surface area contributed by atoms with E-state index >= 15 is 0 Å². The number of pyridine rings is 1. The maximum atomic E-state index is 12.8. The number of aromatic nitrogens is 1. The van der Waals surface area contributed by atoms with Crippen LogP contribution in [0.2, 0.25) is 0 Å². The Kier molecular flexibility index (Phi) is 3.49. The molecule has 0 saturated carbocycles. The summed E-state index contributed by atoms with van der Waals surface area (Å²) in [6, 6.07) is 12.1. The zero-order valence-corrected chi connectivity index (χ0v) is 9.73. The average molecular weight is 230 g/mol. The van der Waals surface area contributed by atoms with Gasteiger partial charge in [-0.2, -0.15) is 0 Å². The van der Waals surface area contributed by atoms with Gasteiger partial charge >= 0.3 is 0 Å². The molecule has 2 rings (SSSR count). The SMILES string of the molecule is Cc1cccc(C(N)Cc2ccc(F)cc2)n1. The van der Waals surface area contributed by atoms with Crippen molar-refractivity contribution >= 4 is 0 Å². The van der Waals surface area contributed by atoms with Crippen LogP contribution in [0.25, 0.3) is 0 Å². The second-order valence-electron chi connectivity index (χ2n) is 4.14. The highest BCUT2D eigenvalue weighted by molar-refractivity contribution is 5.20. The van der Waals surface area contributed by atoms with E-state index in [1.807, 2.05) is 25.1 Å². The first kappa shape index (κ1) is 11.7. The third kappa shape index (κ3) is 3.11. The molecule has 3 heteroatoms. The summed E-state index contributed by atoms with van der Waals surface area (Å²) in [4.78, 5) is 4.39. The van der Waals surface area contributed by atoms with Crippen LogP contribution in [-0.2, 0) is 6.42 Å². The summed E-state index contributed by atoms with van der Waals surface area (Å²) >= 11 is 0. The van der Waals surface area contributed by atoms with Gasteiger partial charge in [-0.3, -0.25) is 4.98 Å². The predicted octanol–water partition coefficient (Wildman–Crippen LogP) is 2.77. The van der Waals surface area contributed by atoms with Crippen LogP contribution in [0, 0.1) is 12.7 Å². The molecule has 0 aliphatic heterocycles. The fraction of sp³-hybridized carbons (Fsp3) is 0.214. The highest BCUT2D eigenvalue weighted by Gasteiger charge is 2.08. The van der Waals surface area contributed by atoms with E-state index in [9.17, 15) is 4.39 Å². The molecule has 0 fully saturated rings. The lowest BCUT2D eigenvalue weighted by atomic mass is 10.0. The molecule has 1 atom stereocenters. The summed E-state index contributed by atoms with van der Waals surface area (Å²) < 4.78 is 12.8. The van der Waals surface area contributed by atoms with E-state index in [-0.39, 0.29) is 11.9 Å². The number of hydrogen-bond donors (Lipinski definition) is 1. The standard InChI is InChI=1S/C14H15FN2/c1-10-3-2-4-14(17-10)13(16)9-11-5-7-12(15)8-6-11/h2-8,13H,9,16H2,1H3. The first-order valence-corrected chi connectivity index (χ1v) is 5.59. The molecule has 1 aromatic carbocycles. The number of halogens is 1. The van der Waals surface area contributed by atoms with E-state index in [0.29, 0.717) is 6.42 Å². The predicted molar refractivity (Wildman–Crippen MR) is 66.0 cm³/mol. The van der Waals surface area contributed by atoms with Gasteiger partial charge in [0.25, 0.3) is 0 Å². The Morgan fingerprint density at radius 3 is 2.53 bits per heavy atom. The molecule has 0 amide bonds. The second kappa shape index (κ2) is 5.06. The lowest BCUT2D eigenvalue weighted by Gasteiger charge is -2.11. The third-order valence-electron chi connectivity index (χ3n) is 2.66. The average Bonchev–Trinajstić information content (AvgIpc) is 2.32. The van der Waals surface area contributed by atoms with E-state index in [4.69, 9.17) is 5.73 Å². The molecule has 88 valence electrons. The largest absolute Gasteiger partial charge is 0.322 e. The van der Waals surface area contributed by atoms with Crippen LogP contribution >= 0.6 is 0 Å². The topological polar surface area (TPSA) is 38.9 Å². The van der Waals surface area contributed by atoms with Crippen molar-refractivity contribution in [2.24, 2.45) is 5.73 Å². The smallest absolute Gasteiger partial charge is 0.123 e. The fourth-order valence-corrected chi connectivity index (χ4v) is 1.75. The van der Waals surface area contributed by atoms with Crippen LogP contribution in [-0.4, -0.2) is 4.98 Å². The molecule has 2 aromatic rings. The number of nitrogens with two attached hydrogens (primary N) is 1.